The van der Waals surface area contributed by atoms with Gasteiger partial charge in [-0.2, -0.15) is 0 Å². The molecular weight excluding hydrogens is 420 g/mol. The van der Waals surface area contributed by atoms with Gasteiger partial charge in [-0.3, -0.25) is 14.4 Å². The highest BCUT2D eigenvalue weighted by Gasteiger charge is 2.30. The molecule has 2 aliphatic rings. The highest BCUT2D eigenvalue weighted by molar-refractivity contribution is 6.31. The zero-order chi connectivity index (χ0) is 22.0. The smallest absolute Gasteiger partial charge is 0.263 e. The van der Waals surface area contributed by atoms with Crippen LogP contribution in [0.2, 0.25) is 5.02 Å². The number of nitrogens with zero attached hydrogens (tertiary/aromatic N) is 3. The van der Waals surface area contributed by atoms with E-state index in [9.17, 15) is 14.4 Å². The zero-order valence-corrected chi connectivity index (χ0v) is 17.7. The number of fused-ring (bicyclic) bond motifs is 2. The van der Waals surface area contributed by atoms with E-state index in [4.69, 9.17) is 22.1 Å². The summed E-state index contributed by atoms with van der Waals surface area (Å²) in [7, 11) is 0. The summed E-state index contributed by atoms with van der Waals surface area (Å²) in [5.41, 5.74) is 6.26. The minimum Gasteiger partial charge on any atom is -0.436 e. The normalized spacial score (nSPS) is 16.2. The van der Waals surface area contributed by atoms with Crippen molar-refractivity contribution in [3.63, 3.8) is 0 Å². The lowest BCUT2D eigenvalue weighted by atomic mass is 9.96. The van der Waals surface area contributed by atoms with Crippen molar-refractivity contribution < 1.29 is 19.1 Å². The minimum absolute atomic E-state index is 0.00910. The van der Waals surface area contributed by atoms with Gasteiger partial charge >= 0.3 is 0 Å². The number of primary amides is 1. The average Bonchev–Trinajstić information content (AvgIpc) is 2.88. The molecule has 2 N–H and O–H groups in total. The van der Waals surface area contributed by atoms with Crippen LogP contribution in [0.3, 0.4) is 0 Å². The Kier molecular flexibility index (Phi) is 6.08. The fourth-order valence-corrected chi connectivity index (χ4v) is 4.13. The Bertz CT molecular complexity index is 1020. The van der Waals surface area contributed by atoms with E-state index in [1.54, 1.807) is 46.3 Å². The first-order chi connectivity index (χ1) is 14.9. The molecule has 0 radical (unpaired) electrons. The lowest BCUT2D eigenvalue weighted by molar-refractivity contribution is -0.134. The highest BCUT2D eigenvalue weighted by atomic mass is 35.5. The Morgan fingerprint density at radius 2 is 2.00 bits per heavy atom. The first-order valence-corrected chi connectivity index (χ1v) is 10.6. The van der Waals surface area contributed by atoms with Gasteiger partial charge in [0, 0.05) is 43.2 Å². The topological polar surface area (TPSA) is 106 Å². The molecule has 1 aromatic carbocycles. The molecule has 9 heteroatoms. The standard InChI is InChI=1S/C22H23ClN4O4/c23-15-5-6-18-17(13-15)27(22(30)16-3-1-9-25-21(16)31-18)10-2-4-19(28)26-11-7-14(8-12-26)20(24)29/h1,3,5-6,9,13-14H,2,4,7-8,10-12H2,(H2,24,29). The minimum atomic E-state index is -0.305. The molecule has 1 fully saturated rings. The predicted molar refractivity (Wildman–Crippen MR) is 115 cm³/mol. The fourth-order valence-electron chi connectivity index (χ4n) is 3.96. The van der Waals surface area contributed by atoms with Crippen molar-refractivity contribution in [2.24, 2.45) is 11.7 Å². The molecule has 0 atom stereocenters. The molecule has 3 amide bonds. The van der Waals surface area contributed by atoms with Gasteiger partial charge in [0.25, 0.3) is 5.91 Å². The van der Waals surface area contributed by atoms with Gasteiger partial charge < -0.3 is 20.3 Å². The van der Waals surface area contributed by atoms with E-state index in [0.717, 1.165) is 0 Å². The molecule has 0 aliphatic carbocycles. The number of hydrogen-bond donors (Lipinski definition) is 1. The molecule has 4 rings (SSSR count). The van der Waals surface area contributed by atoms with Crippen molar-refractivity contribution in [1.29, 1.82) is 0 Å². The summed E-state index contributed by atoms with van der Waals surface area (Å²) in [5.74, 6) is 0.0190. The number of nitrogens with two attached hydrogens (primary N) is 1. The first kappa shape index (κ1) is 21.1. The molecule has 1 saturated heterocycles. The summed E-state index contributed by atoms with van der Waals surface area (Å²) in [6.45, 7) is 1.38. The summed E-state index contributed by atoms with van der Waals surface area (Å²) in [5, 5.41) is 0.479. The highest BCUT2D eigenvalue weighted by Crippen LogP contribution is 2.39. The molecule has 0 spiro atoms. The SMILES string of the molecule is NC(=O)C1CCN(C(=O)CCCN2C(=O)c3cccnc3Oc3ccc(Cl)cc32)CC1. The van der Waals surface area contributed by atoms with Gasteiger partial charge in [-0.05, 0) is 49.6 Å². The number of rotatable bonds is 5. The zero-order valence-electron chi connectivity index (χ0n) is 16.9. The Balaban J connectivity index is 1.45. The van der Waals surface area contributed by atoms with Crippen molar-refractivity contribution in [3.8, 4) is 11.6 Å². The van der Waals surface area contributed by atoms with E-state index in [-0.39, 0.29) is 29.5 Å². The second kappa shape index (κ2) is 8.93. The van der Waals surface area contributed by atoms with Crippen molar-refractivity contribution in [2.45, 2.75) is 25.7 Å². The Labute approximate surface area is 184 Å². The van der Waals surface area contributed by atoms with E-state index < -0.39 is 0 Å². The third kappa shape index (κ3) is 4.49. The molecule has 0 bridgehead atoms. The van der Waals surface area contributed by atoms with Crippen LogP contribution < -0.4 is 15.4 Å². The van der Waals surface area contributed by atoms with Gasteiger partial charge in [0.05, 0.1) is 5.69 Å². The Morgan fingerprint density at radius 1 is 1.23 bits per heavy atom. The van der Waals surface area contributed by atoms with E-state index in [0.29, 0.717) is 67.3 Å². The van der Waals surface area contributed by atoms with Crippen LogP contribution in [0, 0.1) is 5.92 Å². The lowest BCUT2D eigenvalue weighted by Crippen LogP contribution is -2.42. The number of pyridine rings is 1. The van der Waals surface area contributed by atoms with Gasteiger partial charge in [0.15, 0.2) is 5.75 Å². The number of anilines is 1. The maximum atomic E-state index is 13.2. The van der Waals surface area contributed by atoms with Crippen LogP contribution in [-0.2, 0) is 9.59 Å². The number of piperidine rings is 1. The van der Waals surface area contributed by atoms with Crippen molar-refractivity contribution in [1.82, 2.24) is 9.88 Å². The second-order valence-corrected chi connectivity index (χ2v) is 8.12. The third-order valence-electron chi connectivity index (χ3n) is 5.69. The van der Waals surface area contributed by atoms with Gasteiger partial charge in [0.1, 0.15) is 5.56 Å². The Morgan fingerprint density at radius 3 is 2.74 bits per heavy atom. The molecule has 31 heavy (non-hydrogen) atoms. The molecule has 3 heterocycles. The summed E-state index contributed by atoms with van der Waals surface area (Å²) in [4.78, 5) is 44.7. The number of hydrogen-bond acceptors (Lipinski definition) is 5. The number of amides is 3. The molecular formula is C22H23ClN4O4. The van der Waals surface area contributed by atoms with Crippen LogP contribution in [0.5, 0.6) is 11.6 Å². The predicted octanol–water partition coefficient (Wildman–Crippen LogP) is 2.99. The van der Waals surface area contributed by atoms with E-state index in [1.165, 1.54) is 0 Å². The van der Waals surface area contributed by atoms with Crippen LogP contribution in [0.1, 0.15) is 36.0 Å². The number of ether oxygens (including phenoxy) is 1. The molecule has 2 aromatic rings. The monoisotopic (exact) mass is 442 g/mol. The molecule has 0 saturated carbocycles. The van der Waals surface area contributed by atoms with Crippen molar-refractivity contribution in [3.05, 3.63) is 47.1 Å². The lowest BCUT2D eigenvalue weighted by Gasteiger charge is -2.31. The number of benzene rings is 1. The molecule has 162 valence electrons. The molecule has 1 aromatic heterocycles. The van der Waals surface area contributed by atoms with Gasteiger partial charge in [-0.1, -0.05) is 11.6 Å². The van der Waals surface area contributed by atoms with Crippen LogP contribution in [0.15, 0.2) is 36.5 Å². The van der Waals surface area contributed by atoms with Gasteiger partial charge in [-0.25, -0.2) is 4.98 Å². The van der Waals surface area contributed by atoms with Gasteiger partial charge in [0.2, 0.25) is 17.7 Å². The summed E-state index contributed by atoms with van der Waals surface area (Å²) in [6.07, 6.45) is 3.53. The van der Waals surface area contributed by atoms with E-state index in [2.05, 4.69) is 4.98 Å². The average molecular weight is 443 g/mol. The number of aromatic nitrogens is 1. The van der Waals surface area contributed by atoms with E-state index >= 15 is 0 Å². The molecule has 2 aliphatic heterocycles. The van der Waals surface area contributed by atoms with E-state index in [1.807, 2.05) is 0 Å². The number of carbonyl (C=O) groups excluding carboxylic acids is 3. The first-order valence-electron chi connectivity index (χ1n) is 10.3. The quantitative estimate of drug-likeness (QED) is 0.766. The van der Waals surface area contributed by atoms with Crippen molar-refractivity contribution in [2.75, 3.05) is 24.5 Å². The van der Waals surface area contributed by atoms with Crippen molar-refractivity contribution >= 4 is 35.0 Å². The fraction of sp³-hybridized carbons (Fsp3) is 0.364. The molecule has 8 nitrogen and oxygen atoms in total. The number of likely N-dealkylation sites (tertiary alicyclic amines) is 1. The second-order valence-electron chi connectivity index (χ2n) is 7.69. The number of halogens is 1. The summed E-state index contributed by atoms with van der Waals surface area (Å²) >= 11 is 6.17. The van der Waals surface area contributed by atoms with Gasteiger partial charge in [-0.15, -0.1) is 0 Å². The Hall–Kier alpha value is -3.13. The summed E-state index contributed by atoms with van der Waals surface area (Å²) < 4.78 is 5.86. The van der Waals surface area contributed by atoms with Crippen LogP contribution >= 0.6 is 11.6 Å². The largest absolute Gasteiger partial charge is 0.436 e. The number of carbonyl (C=O) groups is 3. The third-order valence-corrected chi connectivity index (χ3v) is 5.92. The molecule has 0 unspecified atom stereocenters. The summed E-state index contributed by atoms with van der Waals surface area (Å²) in [6, 6.07) is 8.42. The van der Waals surface area contributed by atoms with Crippen LogP contribution in [0.25, 0.3) is 0 Å². The van der Waals surface area contributed by atoms with Crippen LogP contribution in [0.4, 0.5) is 5.69 Å². The maximum Gasteiger partial charge on any atom is 0.263 e. The maximum absolute atomic E-state index is 13.2. The van der Waals surface area contributed by atoms with Crippen LogP contribution in [-0.4, -0.2) is 47.2 Å².